The van der Waals surface area contributed by atoms with Crippen LogP contribution in [0.3, 0.4) is 0 Å². The Balaban J connectivity index is 0.000000890. The van der Waals surface area contributed by atoms with Crippen LogP contribution in [0.5, 0.6) is 0 Å². The summed E-state index contributed by atoms with van der Waals surface area (Å²) in [6, 6.07) is 12.4. The second kappa shape index (κ2) is 14.1. The van der Waals surface area contributed by atoms with E-state index in [2.05, 4.69) is 10.6 Å². The van der Waals surface area contributed by atoms with Crippen molar-refractivity contribution in [1.82, 2.24) is 0 Å². The molecule has 41 heavy (non-hydrogen) atoms. The molecule has 224 valence electrons. The number of carbonyl (C=O) groups is 2. The molecule has 3 N–H and O–H groups in total. The molecular weight excluding hydrogens is 531 g/mol. The highest BCUT2D eigenvalue weighted by molar-refractivity contribution is 6.02. The number of carboxylic acid groups (broad SMARTS) is 1. The van der Waals surface area contributed by atoms with E-state index in [0.29, 0.717) is 23.5 Å². The van der Waals surface area contributed by atoms with Gasteiger partial charge in [0.2, 0.25) is 0 Å². The van der Waals surface area contributed by atoms with Gasteiger partial charge in [0, 0.05) is 24.7 Å². The summed E-state index contributed by atoms with van der Waals surface area (Å²) in [4.78, 5) is 26.4. The van der Waals surface area contributed by atoms with E-state index < -0.39 is 30.5 Å². The number of benzene rings is 2. The lowest BCUT2D eigenvalue weighted by Gasteiger charge is -2.37. The quantitative estimate of drug-likeness (QED) is 0.280. The Morgan fingerprint density at radius 1 is 0.927 bits per heavy atom. The van der Waals surface area contributed by atoms with Crippen LogP contribution in [0, 0.1) is 12.8 Å². The molecule has 0 saturated heterocycles. The average molecular weight is 574 g/mol. The van der Waals surface area contributed by atoms with Gasteiger partial charge in [-0.25, -0.2) is 4.79 Å². The van der Waals surface area contributed by atoms with E-state index in [1.165, 1.54) is 25.7 Å². The molecule has 3 saturated carbocycles. The zero-order chi connectivity index (χ0) is 29.4. The summed E-state index contributed by atoms with van der Waals surface area (Å²) in [5.41, 5.74) is 3.63. The first kappa shape index (κ1) is 30.7. The first-order valence-corrected chi connectivity index (χ1v) is 15.0. The molecule has 2 aromatic rings. The lowest BCUT2D eigenvalue weighted by molar-refractivity contribution is -0.138. The number of aryl methyl sites for hydroxylation is 1. The summed E-state index contributed by atoms with van der Waals surface area (Å²) >= 11 is 0. The van der Waals surface area contributed by atoms with E-state index >= 15 is 0 Å². The van der Waals surface area contributed by atoms with Crippen LogP contribution >= 0.6 is 0 Å². The molecule has 3 fully saturated rings. The predicted octanol–water partition coefficient (Wildman–Crippen LogP) is 8.87. The molecule has 2 atom stereocenters. The van der Waals surface area contributed by atoms with Crippen LogP contribution < -0.4 is 15.5 Å². The molecule has 3 aliphatic carbocycles. The summed E-state index contributed by atoms with van der Waals surface area (Å²) in [5.74, 6) is -1.45. The molecule has 9 heteroatoms. The van der Waals surface area contributed by atoms with Gasteiger partial charge in [-0.15, -0.1) is 0 Å². The second-order valence-corrected chi connectivity index (χ2v) is 11.6. The van der Waals surface area contributed by atoms with Gasteiger partial charge in [0.05, 0.1) is 17.3 Å². The normalized spacial score (nSPS) is 20.2. The van der Waals surface area contributed by atoms with Crippen molar-refractivity contribution in [2.24, 2.45) is 5.92 Å². The number of amides is 2. The van der Waals surface area contributed by atoms with Gasteiger partial charge in [0.1, 0.15) is 0 Å². The Morgan fingerprint density at radius 3 is 2.12 bits per heavy atom. The summed E-state index contributed by atoms with van der Waals surface area (Å²) in [5, 5.41) is 15.1. The molecule has 0 radical (unpaired) electrons. The van der Waals surface area contributed by atoms with Crippen molar-refractivity contribution in [3.8, 4) is 0 Å². The third-order valence-electron chi connectivity index (χ3n) is 8.30. The Kier molecular flexibility index (Phi) is 10.6. The van der Waals surface area contributed by atoms with Gasteiger partial charge >= 0.3 is 18.2 Å². The maximum Gasteiger partial charge on any atom is 0.389 e. The molecular formula is C32H42F3N3O3. The highest BCUT2D eigenvalue weighted by Crippen LogP contribution is 2.49. The fourth-order valence-electron chi connectivity index (χ4n) is 5.49. The second-order valence-electron chi connectivity index (χ2n) is 11.6. The van der Waals surface area contributed by atoms with E-state index in [-0.39, 0.29) is 24.9 Å². The van der Waals surface area contributed by atoms with Gasteiger partial charge in [0.25, 0.3) is 0 Å². The number of nitrogens with one attached hydrogen (secondary N) is 2. The smallest absolute Gasteiger partial charge is 0.389 e. The molecule has 0 heterocycles. The van der Waals surface area contributed by atoms with Crippen LogP contribution in [0.25, 0.3) is 0 Å². The van der Waals surface area contributed by atoms with Crippen LogP contribution in [0.15, 0.2) is 42.5 Å². The predicted molar refractivity (Wildman–Crippen MR) is 157 cm³/mol. The highest BCUT2D eigenvalue weighted by Gasteiger charge is 2.44. The Hall–Kier alpha value is -3.23. The average Bonchev–Trinajstić information content (AvgIpc) is 3.69. The Morgan fingerprint density at radius 2 is 1.56 bits per heavy atom. The lowest BCUT2D eigenvalue weighted by atomic mass is 9.93. The monoisotopic (exact) mass is 573 g/mol. The molecule has 0 bridgehead atoms. The van der Waals surface area contributed by atoms with Gasteiger partial charge in [-0.3, -0.25) is 4.79 Å². The number of urea groups is 1. The zero-order valence-corrected chi connectivity index (χ0v) is 23.8. The van der Waals surface area contributed by atoms with Crippen molar-refractivity contribution in [2.75, 3.05) is 22.1 Å². The topological polar surface area (TPSA) is 81.7 Å². The van der Waals surface area contributed by atoms with Crippen LogP contribution in [-0.2, 0) is 4.79 Å². The number of nitrogens with zero attached hydrogens (tertiary/aromatic N) is 1. The number of rotatable bonds is 9. The number of alkyl halides is 3. The maximum atomic E-state index is 13.0. The Labute approximate surface area is 240 Å². The van der Waals surface area contributed by atoms with Crippen molar-refractivity contribution < 1.29 is 27.9 Å². The number of carboxylic acids is 1. The number of carbonyl (C=O) groups excluding carboxylic acids is 1. The zero-order valence-electron chi connectivity index (χ0n) is 23.8. The van der Waals surface area contributed by atoms with E-state index in [0.717, 1.165) is 43.2 Å². The number of aliphatic carboxylic acids is 1. The number of hydrogen-bond acceptors (Lipinski definition) is 3. The summed E-state index contributed by atoms with van der Waals surface area (Å²) in [6.45, 7) is 2.17. The van der Waals surface area contributed by atoms with E-state index in [9.17, 15) is 27.9 Å². The molecule has 2 unspecified atom stereocenters. The molecule has 0 aliphatic heterocycles. The van der Waals surface area contributed by atoms with Crippen LogP contribution in [0.4, 0.5) is 35.0 Å². The van der Waals surface area contributed by atoms with Crippen molar-refractivity contribution in [2.45, 2.75) is 102 Å². The van der Waals surface area contributed by atoms with Crippen molar-refractivity contribution >= 4 is 29.1 Å². The fourth-order valence-corrected chi connectivity index (χ4v) is 5.49. The molecule has 6 nitrogen and oxygen atoms in total. The summed E-state index contributed by atoms with van der Waals surface area (Å²) in [7, 11) is 0. The summed E-state index contributed by atoms with van der Waals surface area (Å²) < 4.78 is 38.9. The van der Waals surface area contributed by atoms with Gasteiger partial charge < -0.3 is 20.6 Å². The SMILES string of the molecule is C1CCC1.Cc1ccc(NC(=O)Nc2cc(C3CC3C(=O)O)ccc2N(CCCC(F)(F)F)C2CCCCC2)cc1. The van der Waals surface area contributed by atoms with Crippen molar-refractivity contribution in [1.29, 1.82) is 0 Å². The van der Waals surface area contributed by atoms with Crippen LogP contribution in [0.2, 0.25) is 0 Å². The van der Waals surface area contributed by atoms with E-state index in [1.807, 2.05) is 36.1 Å². The lowest BCUT2D eigenvalue weighted by Crippen LogP contribution is -2.38. The first-order valence-electron chi connectivity index (χ1n) is 15.0. The minimum Gasteiger partial charge on any atom is -0.481 e. The molecule has 2 aromatic carbocycles. The number of hydrogen-bond donors (Lipinski definition) is 3. The maximum absolute atomic E-state index is 13.0. The molecule has 3 aliphatic rings. The molecule has 5 rings (SSSR count). The fraction of sp³-hybridized carbons (Fsp3) is 0.562. The molecule has 2 amide bonds. The van der Waals surface area contributed by atoms with Gasteiger partial charge in [0.15, 0.2) is 0 Å². The van der Waals surface area contributed by atoms with Crippen LogP contribution in [0.1, 0.15) is 94.1 Å². The Bertz CT molecular complexity index is 1160. The standard InChI is InChI=1S/C28H34F3N3O3.C4H8/c1-18-8-11-20(12-9-18)32-27(37)33-24-16-19(22-17-23(22)26(35)36)10-13-25(24)34(15-5-14-28(29,30)31)21-6-3-2-4-7-21;1-2-4-3-1/h8-13,16,21-23H,2-7,14-15,17H2,1H3,(H,35,36)(H2,32,33,37);1-4H2. The highest BCUT2D eigenvalue weighted by atomic mass is 19.4. The van der Waals surface area contributed by atoms with Gasteiger partial charge in [-0.2, -0.15) is 13.2 Å². The minimum absolute atomic E-state index is 0.0412. The minimum atomic E-state index is -4.23. The summed E-state index contributed by atoms with van der Waals surface area (Å²) in [6.07, 6.45) is 6.28. The third-order valence-corrected chi connectivity index (χ3v) is 8.30. The van der Waals surface area contributed by atoms with Crippen molar-refractivity contribution in [3.05, 3.63) is 53.6 Å². The molecule has 0 spiro atoms. The van der Waals surface area contributed by atoms with Gasteiger partial charge in [-0.1, -0.05) is 68.7 Å². The van der Waals surface area contributed by atoms with Gasteiger partial charge in [-0.05, 0) is 68.4 Å². The third kappa shape index (κ3) is 9.40. The van der Waals surface area contributed by atoms with Crippen molar-refractivity contribution in [3.63, 3.8) is 0 Å². The first-order chi connectivity index (χ1) is 19.6. The van der Waals surface area contributed by atoms with E-state index in [4.69, 9.17) is 0 Å². The number of halogens is 3. The van der Waals surface area contributed by atoms with E-state index in [1.54, 1.807) is 18.2 Å². The van der Waals surface area contributed by atoms with Crippen LogP contribution in [-0.4, -0.2) is 35.9 Å². The largest absolute Gasteiger partial charge is 0.481 e. The molecule has 0 aromatic heterocycles. The number of anilines is 3.